The van der Waals surface area contributed by atoms with Gasteiger partial charge in [-0.1, -0.05) is 47.3 Å². The molecule has 0 aromatic carbocycles. The summed E-state index contributed by atoms with van der Waals surface area (Å²) >= 11 is 0. The van der Waals surface area contributed by atoms with Gasteiger partial charge in [0.25, 0.3) is 0 Å². The fourth-order valence-electron chi connectivity index (χ4n) is 11.9. The van der Waals surface area contributed by atoms with Crippen molar-refractivity contribution in [3.05, 3.63) is 24.3 Å². The summed E-state index contributed by atoms with van der Waals surface area (Å²) in [7, 11) is 1.59. The van der Waals surface area contributed by atoms with E-state index in [-0.39, 0.29) is 63.2 Å². The van der Waals surface area contributed by atoms with Gasteiger partial charge in [-0.05, 0) is 83.7 Å². The molecule has 5 aliphatic carbocycles. The minimum atomic E-state index is -1.26. The Bertz CT molecular complexity index is 1240. The molecule has 7 nitrogen and oxygen atoms in total. The van der Waals surface area contributed by atoms with E-state index >= 15 is 0 Å². The van der Waals surface area contributed by atoms with E-state index in [1.165, 1.54) is 13.8 Å². The Morgan fingerprint density at radius 1 is 1.10 bits per heavy atom. The van der Waals surface area contributed by atoms with Gasteiger partial charge in [-0.25, -0.2) is 0 Å². The number of carbonyl (C=O) groups is 3. The van der Waals surface area contributed by atoms with Crippen molar-refractivity contribution in [2.24, 2.45) is 57.2 Å². The summed E-state index contributed by atoms with van der Waals surface area (Å²) in [5, 5.41) is 0. The molecule has 1 aliphatic heterocycles. The maximum atomic E-state index is 12.7. The molecule has 232 valence electrons. The Labute approximate surface area is 251 Å². The quantitative estimate of drug-likeness (QED) is 0.278. The summed E-state index contributed by atoms with van der Waals surface area (Å²) in [6, 6.07) is 0. The van der Waals surface area contributed by atoms with Crippen LogP contribution in [0.4, 0.5) is 0 Å². The van der Waals surface area contributed by atoms with Gasteiger partial charge in [0.1, 0.15) is 6.10 Å². The fourth-order valence-corrected chi connectivity index (χ4v) is 11.9. The third-order valence-electron chi connectivity index (χ3n) is 14.0. The van der Waals surface area contributed by atoms with Crippen LogP contribution in [0.15, 0.2) is 24.3 Å². The van der Waals surface area contributed by atoms with E-state index in [0.29, 0.717) is 18.4 Å². The van der Waals surface area contributed by atoms with Crippen molar-refractivity contribution in [3.8, 4) is 0 Å². The smallest absolute Gasteiger partial charge is 0.303 e. The first kappa shape index (κ1) is 30.1. The van der Waals surface area contributed by atoms with E-state index in [2.05, 4.69) is 40.3 Å². The average molecular weight is 583 g/mol. The van der Waals surface area contributed by atoms with Gasteiger partial charge in [-0.2, -0.15) is 0 Å². The minimum Gasteiger partial charge on any atom is -0.462 e. The number of esters is 2. The molecule has 42 heavy (non-hydrogen) atoms. The van der Waals surface area contributed by atoms with E-state index in [1.807, 2.05) is 13.0 Å². The van der Waals surface area contributed by atoms with Gasteiger partial charge >= 0.3 is 11.9 Å². The summed E-state index contributed by atoms with van der Waals surface area (Å²) in [6.07, 6.45) is 9.25. The molecule has 5 fully saturated rings. The highest BCUT2D eigenvalue weighted by Gasteiger charge is 2.82. The molecule has 13 unspecified atom stereocenters. The second-order valence-electron chi connectivity index (χ2n) is 15.3. The van der Waals surface area contributed by atoms with Crippen molar-refractivity contribution in [1.29, 1.82) is 0 Å². The average Bonchev–Trinajstić information content (AvgIpc) is 3.42. The Morgan fingerprint density at radius 2 is 1.81 bits per heavy atom. The second kappa shape index (κ2) is 9.50. The normalized spacial score (nSPS) is 50.2. The van der Waals surface area contributed by atoms with Crippen molar-refractivity contribution in [1.82, 2.24) is 0 Å². The largest absolute Gasteiger partial charge is 0.462 e. The first-order chi connectivity index (χ1) is 19.6. The molecule has 0 aromatic heterocycles. The first-order valence-electron chi connectivity index (χ1n) is 16.1. The van der Waals surface area contributed by atoms with Crippen LogP contribution in [0.2, 0.25) is 0 Å². The molecule has 0 bridgehead atoms. The van der Waals surface area contributed by atoms with Crippen LogP contribution in [0.3, 0.4) is 0 Å². The minimum absolute atomic E-state index is 0.0532. The zero-order valence-corrected chi connectivity index (χ0v) is 26.8. The van der Waals surface area contributed by atoms with Crippen molar-refractivity contribution in [2.45, 2.75) is 105 Å². The summed E-state index contributed by atoms with van der Waals surface area (Å²) in [5.74, 6) is -0.976. The lowest BCUT2D eigenvalue weighted by atomic mass is 9.43. The van der Waals surface area contributed by atoms with Crippen LogP contribution in [0.1, 0.15) is 87.0 Å². The van der Waals surface area contributed by atoms with Crippen LogP contribution in [-0.4, -0.2) is 49.4 Å². The first-order valence-corrected chi connectivity index (χ1v) is 16.1. The highest BCUT2D eigenvalue weighted by Crippen LogP contribution is 2.87. The second-order valence-corrected chi connectivity index (χ2v) is 15.3. The van der Waals surface area contributed by atoms with Crippen LogP contribution in [0.25, 0.3) is 0 Å². The van der Waals surface area contributed by atoms with Gasteiger partial charge in [-0.3, -0.25) is 14.4 Å². The molecule has 0 aromatic rings. The van der Waals surface area contributed by atoms with Crippen LogP contribution in [0, 0.1) is 57.2 Å². The van der Waals surface area contributed by atoms with E-state index in [4.69, 9.17) is 18.9 Å². The van der Waals surface area contributed by atoms with Crippen molar-refractivity contribution < 1.29 is 33.3 Å². The summed E-state index contributed by atoms with van der Waals surface area (Å²) in [5.41, 5.74) is 0.791. The number of methoxy groups -OCH3 is 1. The molecule has 6 aliphatic rings. The Kier molecular flexibility index (Phi) is 6.80. The van der Waals surface area contributed by atoms with Gasteiger partial charge in [0, 0.05) is 44.6 Å². The van der Waals surface area contributed by atoms with Gasteiger partial charge < -0.3 is 18.9 Å². The van der Waals surface area contributed by atoms with Gasteiger partial charge in [0.05, 0.1) is 6.61 Å². The van der Waals surface area contributed by atoms with E-state index in [9.17, 15) is 14.4 Å². The third-order valence-corrected chi connectivity index (χ3v) is 14.0. The van der Waals surface area contributed by atoms with E-state index < -0.39 is 17.9 Å². The molecule has 6 rings (SSSR count). The lowest BCUT2D eigenvalue weighted by molar-refractivity contribution is -0.256. The number of hydrogen-bond acceptors (Lipinski definition) is 7. The zero-order valence-electron chi connectivity index (χ0n) is 26.8. The Morgan fingerprint density at radius 3 is 2.40 bits per heavy atom. The van der Waals surface area contributed by atoms with Crippen molar-refractivity contribution >= 4 is 17.7 Å². The number of ketones is 1. The van der Waals surface area contributed by atoms with Crippen molar-refractivity contribution in [2.75, 3.05) is 13.7 Å². The number of rotatable bonds is 6. The molecule has 1 saturated heterocycles. The fraction of sp³-hybridized carbons (Fsp3) is 0.800. The summed E-state index contributed by atoms with van der Waals surface area (Å²) in [4.78, 5) is 37.9. The topological polar surface area (TPSA) is 88.1 Å². The van der Waals surface area contributed by atoms with E-state index in [0.717, 1.165) is 44.1 Å². The third kappa shape index (κ3) is 3.61. The van der Waals surface area contributed by atoms with E-state index in [1.54, 1.807) is 7.11 Å². The SMILES string of the molecule is C=C1C(C)COC1(OC)C(OC(C)=O)C(C)C1C(OC(C)=O)CC2(C)C3CCC4C(C)C(=O)C=CC45CC35CCC12C. The van der Waals surface area contributed by atoms with Gasteiger partial charge in [0.15, 0.2) is 11.9 Å². The molecule has 7 heteroatoms. The number of fused-ring (bicyclic) bond motifs is 2. The molecular formula is C35H50O7. The highest BCUT2D eigenvalue weighted by molar-refractivity contribution is 5.93. The lowest BCUT2D eigenvalue weighted by Crippen LogP contribution is -2.58. The standard InChI is InChI=1S/C35H50O7/c1-19-17-40-35(39-9,22(19)4)30(42-24(6)37)21(3)29-27(41-23(5)36)16-32(8)28-11-10-25-20(2)26(38)12-13-33(25)18-34(28,33)15-14-31(29,32)7/h12-13,19-21,25,27-30H,4,10-11,14-18H2,1-3,5-9H3. The number of ether oxygens (including phenoxy) is 4. The van der Waals surface area contributed by atoms with Crippen LogP contribution >= 0.6 is 0 Å². The number of hydrogen-bond donors (Lipinski definition) is 0. The maximum absolute atomic E-state index is 12.7. The van der Waals surface area contributed by atoms with Crippen LogP contribution in [-0.2, 0) is 33.3 Å². The molecule has 13 atom stereocenters. The monoisotopic (exact) mass is 582 g/mol. The highest BCUT2D eigenvalue weighted by atomic mass is 16.7. The number of allylic oxidation sites excluding steroid dienone is 2. The van der Waals surface area contributed by atoms with Gasteiger partial charge in [0.2, 0.25) is 5.79 Å². The van der Waals surface area contributed by atoms with Gasteiger partial charge in [-0.15, -0.1) is 0 Å². The number of carbonyl (C=O) groups excluding carboxylic acids is 3. The molecule has 2 spiro atoms. The molecule has 0 amide bonds. The van der Waals surface area contributed by atoms with Crippen LogP contribution < -0.4 is 0 Å². The zero-order chi connectivity index (χ0) is 30.6. The predicted molar refractivity (Wildman–Crippen MR) is 157 cm³/mol. The molecule has 0 N–H and O–H groups in total. The molecule has 4 saturated carbocycles. The Balaban J connectivity index is 1.42. The molecule has 0 radical (unpaired) electrons. The maximum Gasteiger partial charge on any atom is 0.303 e. The summed E-state index contributed by atoms with van der Waals surface area (Å²) in [6.45, 7) is 18.8. The Hall–Kier alpha value is -1.99. The predicted octanol–water partition coefficient (Wildman–Crippen LogP) is 6.06. The summed E-state index contributed by atoms with van der Waals surface area (Å²) < 4.78 is 24.7. The van der Waals surface area contributed by atoms with Crippen LogP contribution in [0.5, 0.6) is 0 Å². The lowest BCUT2D eigenvalue weighted by Gasteiger charge is -2.61. The van der Waals surface area contributed by atoms with Crippen molar-refractivity contribution in [3.63, 3.8) is 0 Å². The molecular weight excluding hydrogens is 532 g/mol. The molecule has 1 heterocycles.